The van der Waals surface area contributed by atoms with Crippen molar-refractivity contribution in [1.29, 1.82) is 0 Å². The van der Waals surface area contributed by atoms with E-state index in [9.17, 15) is 0 Å². The highest BCUT2D eigenvalue weighted by molar-refractivity contribution is 4.67. The highest BCUT2D eigenvalue weighted by Gasteiger charge is 2.06. The molecule has 0 aromatic carbocycles. The van der Waals surface area contributed by atoms with Gasteiger partial charge in [-0.15, -0.1) is 0 Å². The minimum absolute atomic E-state index is 0.194. The Morgan fingerprint density at radius 2 is 2.00 bits per heavy atom. The maximum Gasteiger partial charge on any atom is 0.0188 e. The van der Waals surface area contributed by atoms with Crippen LogP contribution < -0.4 is 11.5 Å². The Morgan fingerprint density at radius 1 is 1.50 bits per heavy atom. The van der Waals surface area contributed by atoms with Gasteiger partial charge in [0.2, 0.25) is 0 Å². The summed E-state index contributed by atoms with van der Waals surface area (Å²) in [6.07, 6.45) is 1.12. The van der Waals surface area contributed by atoms with E-state index in [2.05, 4.69) is 13.8 Å². The lowest BCUT2D eigenvalue weighted by Crippen LogP contribution is -2.35. The first-order valence-electron chi connectivity index (χ1n) is 3.18. The molecule has 2 unspecified atom stereocenters. The van der Waals surface area contributed by atoms with Crippen LogP contribution in [0.5, 0.6) is 0 Å². The third-order valence-electron chi connectivity index (χ3n) is 1.65. The van der Waals surface area contributed by atoms with Gasteiger partial charge in [0, 0.05) is 12.6 Å². The Balaban J connectivity index is 3.29. The van der Waals surface area contributed by atoms with E-state index in [1.54, 1.807) is 0 Å². The van der Waals surface area contributed by atoms with Crippen molar-refractivity contribution in [2.45, 2.75) is 26.3 Å². The van der Waals surface area contributed by atoms with Crippen molar-refractivity contribution < 1.29 is 0 Å². The number of hydrogen-bond acceptors (Lipinski definition) is 2. The summed E-state index contributed by atoms with van der Waals surface area (Å²) in [6.45, 7) is 4.85. The molecule has 2 atom stereocenters. The van der Waals surface area contributed by atoms with E-state index in [1.165, 1.54) is 0 Å². The Kier molecular flexibility index (Phi) is 3.83. The normalized spacial score (nSPS) is 18.0. The Morgan fingerprint density at radius 3 is 2.12 bits per heavy atom. The molecular formula is C6H16N2. The molecule has 0 aromatic rings. The van der Waals surface area contributed by atoms with E-state index in [0.717, 1.165) is 6.42 Å². The predicted octanol–water partition coefficient (Wildman–Crippen LogP) is 0.319. The van der Waals surface area contributed by atoms with Crippen molar-refractivity contribution >= 4 is 0 Å². The Hall–Kier alpha value is -0.0800. The van der Waals surface area contributed by atoms with Gasteiger partial charge in [-0.05, 0) is 5.92 Å². The maximum atomic E-state index is 5.60. The maximum absolute atomic E-state index is 5.60. The summed E-state index contributed by atoms with van der Waals surface area (Å²) in [7, 11) is 0. The summed E-state index contributed by atoms with van der Waals surface area (Å²) in [5, 5.41) is 0. The summed E-state index contributed by atoms with van der Waals surface area (Å²) < 4.78 is 0. The van der Waals surface area contributed by atoms with Gasteiger partial charge in [0.25, 0.3) is 0 Å². The van der Waals surface area contributed by atoms with Crippen molar-refractivity contribution in [3.63, 3.8) is 0 Å². The third-order valence-corrected chi connectivity index (χ3v) is 1.65. The van der Waals surface area contributed by atoms with E-state index >= 15 is 0 Å². The molecule has 0 aliphatic heterocycles. The van der Waals surface area contributed by atoms with Crippen LogP contribution in [0.25, 0.3) is 0 Å². The molecule has 2 heteroatoms. The first-order chi connectivity index (χ1) is 3.72. The quantitative estimate of drug-likeness (QED) is 0.558. The molecule has 0 aliphatic carbocycles. The van der Waals surface area contributed by atoms with Crippen LogP contribution in [0.1, 0.15) is 20.3 Å². The highest BCUT2D eigenvalue weighted by atomic mass is 14.7. The lowest BCUT2D eigenvalue weighted by Gasteiger charge is -2.14. The minimum atomic E-state index is 0.194. The van der Waals surface area contributed by atoms with Gasteiger partial charge in [0.15, 0.2) is 0 Å². The molecule has 8 heavy (non-hydrogen) atoms. The fourth-order valence-electron chi connectivity index (χ4n) is 0.535. The average molecular weight is 116 g/mol. The van der Waals surface area contributed by atoms with Crippen LogP contribution in [-0.4, -0.2) is 12.6 Å². The summed E-state index contributed by atoms with van der Waals surface area (Å²) in [5.41, 5.74) is 10.9. The van der Waals surface area contributed by atoms with Crippen LogP contribution in [0.3, 0.4) is 0 Å². The van der Waals surface area contributed by atoms with Crippen molar-refractivity contribution in [2.24, 2.45) is 17.4 Å². The molecule has 0 amide bonds. The number of nitrogens with two attached hydrogens (primary N) is 2. The number of hydrogen-bond donors (Lipinski definition) is 2. The zero-order valence-electron chi connectivity index (χ0n) is 5.72. The van der Waals surface area contributed by atoms with Gasteiger partial charge >= 0.3 is 0 Å². The van der Waals surface area contributed by atoms with E-state index < -0.39 is 0 Å². The van der Waals surface area contributed by atoms with Crippen molar-refractivity contribution in [1.82, 2.24) is 0 Å². The molecule has 0 saturated heterocycles. The average Bonchev–Trinajstić information content (AvgIpc) is 1.84. The summed E-state index contributed by atoms with van der Waals surface area (Å²) >= 11 is 0. The lowest BCUT2D eigenvalue weighted by atomic mass is 10.0. The first kappa shape index (κ1) is 7.92. The van der Waals surface area contributed by atoms with Crippen molar-refractivity contribution in [3.05, 3.63) is 0 Å². The van der Waals surface area contributed by atoms with Gasteiger partial charge in [-0.3, -0.25) is 0 Å². The van der Waals surface area contributed by atoms with E-state index in [0.29, 0.717) is 12.5 Å². The Labute approximate surface area is 51.2 Å². The summed E-state index contributed by atoms with van der Waals surface area (Å²) in [6, 6.07) is 0.194. The van der Waals surface area contributed by atoms with Crippen LogP contribution in [0.4, 0.5) is 0 Å². The van der Waals surface area contributed by atoms with E-state index in [-0.39, 0.29) is 6.04 Å². The lowest BCUT2D eigenvalue weighted by molar-refractivity contribution is 0.449. The molecule has 0 aliphatic rings. The zero-order valence-corrected chi connectivity index (χ0v) is 5.72. The fraction of sp³-hybridized carbons (Fsp3) is 1.00. The molecule has 0 rings (SSSR count). The van der Waals surface area contributed by atoms with E-state index in [4.69, 9.17) is 11.5 Å². The smallest absolute Gasteiger partial charge is 0.0188 e. The SMILES string of the molecule is CCC(C)C(N)CN. The largest absolute Gasteiger partial charge is 0.329 e. The molecular weight excluding hydrogens is 100 g/mol. The first-order valence-corrected chi connectivity index (χ1v) is 3.18. The minimum Gasteiger partial charge on any atom is -0.329 e. The zero-order chi connectivity index (χ0) is 6.57. The summed E-state index contributed by atoms with van der Waals surface area (Å²) in [5.74, 6) is 0.569. The van der Waals surface area contributed by atoms with Crippen LogP contribution in [0, 0.1) is 5.92 Å². The fourth-order valence-corrected chi connectivity index (χ4v) is 0.535. The van der Waals surface area contributed by atoms with Crippen molar-refractivity contribution in [3.8, 4) is 0 Å². The van der Waals surface area contributed by atoms with Crippen LogP contribution in [-0.2, 0) is 0 Å². The molecule has 0 fully saturated rings. The topological polar surface area (TPSA) is 52.0 Å². The highest BCUT2D eigenvalue weighted by Crippen LogP contribution is 2.02. The second kappa shape index (κ2) is 3.87. The molecule has 2 nitrogen and oxygen atoms in total. The van der Waals surface area contributed by atoms with Gasteiger partial charge in [-0.25, -0.2) is 0 Å². The molecule has 0 heterocycles. The second-order valence-electron chi connectivity index (χ2n) is 2.29. The van der Waals surface area contributed by atoms with Crippen molar-refractivity contribution in [2.75, 3.05) is 6.54 Å². The molecule has 0 aromatic heterocycles. The molecule has 0 saturated carbocycles. The van der Waals surface area contributed by atoms with E-state index in [1.807, 2.05) is 0 Å². The van der Waals surface area contributed by atoms with Gasteiger partial charge in [0.1, 0.15) is 0 Å². The van der Waals surface area contributed by atoms with Crippen LogP contribution in [0.2, 0.25) is 0 Å². The molecule has 4 N–H and O–H groups in total. The van der Waals surface area contributed by atoms with Gasteiger partial charge in [0.05, 0.1) is 0 Å². The molecule has 50 valence electrons. The molecule has 0 spiro atoms. The monoisotopic (exact) mass is 116 g/mol. The van der Waals surface area contributed by atoms with Crippen LogP contribution >= 0.6 is 0 Å². The number of rotatable bonds is 3. The standard InChI is InChI=1S/C6H16N2/c1-3-5(2)6(8)4-7/h5-6H,3-4,7-8H2,1-2H3. The molecule has 0 bridgehead atoms. The Bertz CT molecular complexity index is 46.5. The predicted molar refractivity (Wildman–Crippen MR) is 36.5 cm³/mol. The van der Waals surface area contributed by atoms with Crippen LogP contribution in [0.15, 0.2) is 0 Å². The molecule has 0 radical (unpaired) electrons. The summed E-state index contributed by atoms with van der Waals surface area (Å²) in [4.78, 5) is 0. The second-order valence-corrected chi connectivity index (χ2v) is 2.29. The van der Waals surface area contributed by atoms with Gasteiger partial charge < -0.3 is 11.5 Å². The van der Waals surface area contributed by atoms with Gasteiger partial charge in [-0.1, -0.05) is 20.3 Å². The third kappa shape index (κ3) is 2.28. The van der Waals surface area contributed by atoms with Gasteiger partial charge in [-0.2, -0.15) is 0 Å².